The van der Waals surface area contributed by atoms with E-state index in [2.05, 4.69) is 5.32 Å². The molecule has 4 rings (SSSR count). The van der Waals surface area contributed by atoms with Crippen LogP contribution in [0.3, 0.4) is 0 Å². The molecule has 1 fully saturated rings. The van der Waals surface area contributed by atoms with Crippen LogP contribution in [0.25, 0.3) is 21.9 Å². The average Bonchev–Trinajstić information content (AvgIpc) is 3.37. The average molecular weight is 381 g/mol. The lowest BCUT2D eigenvalue weighted by Crippen LogP contribution is -2.27. The Hall–Kier alpha value is -2.70. The zero-order valence-electron chi connectivity index (χ0n) is 14.9. The second kappa shape index (κ2) is 7.50. The molecular weight excluding hydrogens is 362 g/mol. The molecule has 1 saturated heterocycles. The van der Waals surface area contributed by atoms with Gasteiger partial charge in [0.1, 0.15) is 16.7 Å². The Morgan fingerprint density at radius 1 is 1.15 bits per heavy atom. The third-order valence-corrected chi connectivity index (χ3v) is 5.61. The van der Waals surface area contributed by atoms with Crippen LogP contribution < -0.4 is 5.32 Å². The number of rotatable bonds is 4. The molecule has 6 heteroatoms. The van der Waals surface area contributed by atoms with Crippen LogP contribution >= 0.6 is 11.3 Å². The fraction of sp³-hybridized carbons (Fsp3) is 0.238. The Kier molecular flexibility index (Phi) is 4.92. The maximum atomic E-state index is 12.5. The summed E-state index contributed by atoms with van der Waals surface area (Å²) in [5.74, 6) is -0.689. The largest absolute Gasteiger partial charge is 0.465 e. The van der Waals surface area contributed by atoms with Crippen molar-refractivity contribution >= 4 is 39.0 Å². The number of thiophene rings is 1. The minimum Gasteiger partial charge on any atom is -0.465 e. The highest BCUT2D eigenvalue weighted by Crippen LogP contribution is 2.39. The van der Waals surface area contributed by atoms with Gasteiger partial charge in [-0.2, -0.15) is 0 Å². The summed E-state index contributed by atoms with van der Waals surface area (Å²) in [4.78, 5) is 25.0. The van der Waals surface area contributed by atoms with Gasteiger partial charge >= 0.3 is 5.97 Å². The highest BCUT2D eigenvalue weighted by atomic mass is 32.1. The van der Waals surface area contributed by atoms with E-state index in [0.29, 0.717) is 23.6 Å². The highest BCUT2D eigenvalue weighted by molar-refractivity contribution is 7.15. The second-order valence-corrected chi connectivity index (χ2v) is 7.24. The smallest absolute Gasteiger partial charge is 0.341 e. The first kappa shape index (κ1) is 17.7. The fourth-order valence-corrected chi connectivity index (χ4v) is 4.34. The highest BCUT2D eigenvalue weighted by Gasteiger charge is 2.28. The van der Waals surface area contributed by atoms with Gasteiger partial charge in [0.15, 0.2) is 0 Å². The van der Waals surface area contributed by atoms with Crippen molar-refractivity contribution in [2.45, 2.75) is 18.9 Å². The van der Waals surface area contributed by atoms with Crippen molar-refractivity contribution in [3.8, 4) is 11.1 Å². The molecular formula is C21H19NO4S. The Bertz CT molecular complexity index is 999. The molecule has 2 heterocycles. The van der Waals surface area contributed by atoms with Gasteiger partial charge in [-0.3, -0.25) is 4.79 Å². The summed E-state index contributed by atoms with van der Waals surface area (Å²) in [5.41, 5.74) is 2.07. The molecule has 1 amide bonds. The molecule has 1 aliphatic heterocycles. The molecule has 2 aromatic carbocycles. The number of carbonyl (C=O) groups is 2. The number of anilines is 1. The fourth-order valence-electron chi connectivity index (χ4n) is 3.39. The van der Waals surface area contributed by atoms with Gasteiger partial charge in [-0.1, -0.05) is 42.5 Å². The number of carbonyl (C=O) groups excluding carboxylic acids is 2. The molecule has 0 saturated carbocycles. The summed E-state index contributed by atoms with van der Waals surface area (Å²) in [7, 11) is 1.35. The topological polar surface area (TPSA) is 64.6 Å². The number of esters is 1. The molecule has 3 aromatic rings. The van der Waals surface area contributed by atoms with E-state index in [-0.39, 0.29) is 5.91 Å². The second-order valence-electron chi connectivity index (χ2n) is 6.36. The van der Waals surface area contributed by atoms with E-state index in [1.165, 1.54) is 18.4 Å². The molecule has 27 heavy (non-hydrogen) atoms. The summed E-state index contributed by atoms with van der Waals surface area (Å²) in [6, 6.07) is 14.0. The van der Waals surface area contributed by atoms with E-state index < -0.39 is 12.1 Å². The van der Waals surface area contributed by atoms with Gasteiger partial charge in [0, 0.05) is 17.6 Å². The van der Waals surface area contributed by atoms with Gasteiger partial charge in [-0.15, -0.1) is 11.3 Å². The summed E-state index contributed by atoms with van der Waals surface area (Å²) >= 11 is 1.32. The zero-order chi connectivity index (χ0) is 18.8. The van der Waals surface area contributed by atoms with Crippen LogP contribution in [0.2, 0.25) is 0 Å². The van der Waals surface area contributed by atoms with Crippen LogP contribution in [0, 0.1) is 0 Å². The van der Waals surface area contributed by atoms with Gasteiger partial charge in [0.2, 0.25) is 0 Å². The van der Waals surface area contributed by atoms with E-state index in [1.54, 1.807) is 0 Å². The van der Waals surface area contributed by atoms with Crippen molar-refractivity contribution < 1.29 is 19.1 Å². The molecule has 1 N–H and O–H groups in total. The van der Waals surface area contributed by atoms with Gasteiger partial charge in [-0.25, -0.2) is 4.79 Å². The van der Waals surface area contributed by atoms with E-state index >= 15 is 0 Å². The zero-order valence-corrected chi connectivity index (χ0v) is 15.7. The van der Waals surface area contributed by atoms with Gasteiger partial charge in [-0.05, 0) is 29.2 Å². The SMILES string of the molecule is COC(=O)c1c(-c2cccc3ccccc23)csc1NC(=O)[C@@H]1CCCO1. The van der Waals surface area contributed by atoms with Crippen LogP contribution in [0.15, 0.2) is 47.8 Å². The van der Waals surface area contributed by atoms with Crippen LogP contribution in [0.5, 0.6) is 0 Å². The Labute approximate surface area is 160 Å². The minimum atomic E-state index is -0.471. The Balaban J connectivity index is 1.78. The molecule has 0 radical (unpaired) electrons. The number of hydrogen-bond donors (Lipinski definition) is 1. The summed E-state index contributed by atoms with van der Waals surface area (Å²) in [6.07, 6.45) is 1.10. The van der Waals surface area contributed by atoms with Crippen LogP contribution in [-0.4, -0.2) is 31.7 Å². The molecule has 0 aliphatic carbocycles. The number of methoxy groups -OCH3 is 1. The van der Waals surface area contributed by atoms with Crippen molar-refractivity contribution in [3.63, 3.8) is 0 Å². The van der Waals surface area contributed by atoms with Crippen molar-refractivity contribution in [1.82, 2.24) is 0 Å². The normalized spacial score (nSPS) is 16.4. The summed E-state index contributed by atoms with van der Waals surface area (Å²) < 4.78 is 10.4. The van der Waals surface area contributed by atoms with Gasteiger partial charge in [0.25, 0.3) is 5.91 Å². The van der Waals surface area contributed by atoms with E-state index in [0.717, 1.165) is 28.3 Å². The maximum Gasteiger partial charge on any atom is 0.341 e. The number of benzene rings is 2. The first-order valence-corrected chi connectivity index (χ1v) is 9.67. The summed E-state index contributed by atoms with van der Waals surface area (Å²) in [5, 5.41) is 7.37. The third-order valence-electron chi connectivity index (χ3n) is 4.72. The van der Waals surface area contributed by atoms with Crippen molar-refractivity contribution in [3.05, 3.63) is 53.4 Å². The third kappa shape index (κ3) is 3.34. The van der Waals surface area contributed by atoms with Gasteiger partial charge in [0.05, 0.1) is 7.11 Å². The predicted molar refractivity (Wildman–Crippen MR) is 106 cm³/mol. The molecule has 5 nitrogen and oxygen atoms in total. The minimum absolute atomic E-state index is 0.219. The molecule has 0 spiro atoms. The van der Waals surface area contributed by atoms with E-state index in [9.17, 15) is 9.59 Å². The molecule has 1 atom stereocenters. The van der Waals surface area contributed by atoms with E-state index in [1.807, 2.05) is 47.8 Å². The van der Waals surface area contributed by atoms with Crippen LogP contribution in [0.4, 0.5) is 5.00 Å². The molecule has 1 aliphatic rings. The summed E-state index contributed by atoms with van der Waals surface area (Å²) in [6.45, 7) is 0.591. The number of amides is 1. The van der Waals surface area contributed by atoms with Crippen LogP contribution in [0.1, 0.15) is 23.2 Å². The van der Waals surface area contributed by atoms with E-state index in [4.69, 9.17) is 9.47 Å². The first-order chi connectivity index (χ1) is 13.2. The molecule has 138 valence electrons. The Morgan fingerprint density at radius 2 is 1.96 bits per heavy atom. The van der Waals surface area contributed by atoms with Gasteiger partial charge < -0.3 is 14.8 Å². The predicted octanol–water partition coefficient (Wildman–Crippen LogP) is 4.47. The first-order valence-electron chi connectivity index (χ1n) is 8.79. The van der Waals surface area contributed by atoms with Crippen molar-refractivity contribution in [2.24, 2.45) is 0 Å². The lowest BCUT2D eigenvalue weighted by atomic mass is 9.97. The molecule has 1 aromatic heterocycles. The van der Waals surface area contributed by atoms with Crippen molar-refractivity contribution in [1.29, 1.82) is 0 Å². The molecule has 0 unspecified atom stereocenters. The number of nitrogens with one attached hydrogen (secondary N) is 1. The number of ether oxygens (including phenoxy) is 2. The van der Waals surface area contributed by atoms with Crippen molar-refractivity contribution in [2.75, 3.05) is 19.0 Å². The monoisotopic (exact) mass is 381 g/mol. The number of fused-ring (bicyclic) bond motifs is 1. The number of hydrogen-bond acceptors (Lipinski definition) is 5. The quantitative estimate of drug-likeness (QED) is 0.677. The van der Waals surface area contributed by atoms with Crippen LogP contribution in [-0.2, 0) is 14.3 Å². The maximum absolute atomic E-state index is 12.5. The lowest BCUT2D eigenvalue weighted by Gasteiger charge is -2.12. The lowest BCUT2D eigenvalue weighted by molar-refractivity contribution is -0.124. The Morgan fingerprint density at radius 3 is 2.74 bits per heavy atom. The molecule has 0 bridgehead atoms. The standard InChI is InChI=1S/C21H19NO4S/c1-25-21(24)18-16(15-9-4-7-13-6-2-3-8-14(13)15)12-27-20(18)22-19(23)17-10-5-11-26-17/h2-4,6-9,12,17H,5,10-11H2,1H3,(H,22,23)/t17-/m0/s1.